The quantitative estimate of drug-likeness (QED) is 0.553. The summed E-state index contributed by atoms with van der Waals surface area (Å²) in [6.45, 7) is 5.72. The molecule has 70 valence electrons. The summed E-state index contributed by atoms with van der Waals surface area (Å²) in [4.78, 5) is 15.3. The molecule has 1 rings (SSSR count). The Bertz CT molecular complexity index is 305. The van der Waals surface area contributed by atoms with E-state index in [0.717, 1.165) is 11.8 Å². The molecule has 0 amide bonds. The van der Waals surface area contributed by atoms with Crippen LogP contribution in [-0.2, 0) is 4.79 Å². The van der Waals surface area contributed by atoms with Gasteiger partial charge in [-0.25, -0.2) is 0 Å². The van der Waals surface area contributed by atoms with Crippen LogP contribution in [0.5, 0.6) is 0 Å². The maximum atomic E-state index is 11.2. The van der Waals surface area contributed by atoms with Gasteiger partial charge in [-0.05, 0) is 6.92 Å². The van der Waals surface area contributed by atoms with E-state index >= 15 is 0 Å². The van der Waals surface area contributed by atoms with Gasteiger partial charge in [-0.15, -0.1) is 6.58 Å². The lowest BCUT2D eigenvalue weighted by molar-refractivity contribution is -0.107. The van der Waals surface area contributed by atoms with Gasteiger partial charge in [0.05, 0.1) is 17.9 Å². The third-order valence-corrected chi connectivity index (χ3v) is 2.54. The molecule has 4 heteroatoms. The van der Waals surface area contributed by atoms with Crippen molar-refractivity contribution in [2.75, 3.05) is 12.3 Å². The van der Waals surface area contributed by atoms with Crippen molar-refractivity contribution in [2.24, 2.45) is 4.99 Å². The Hall–Kier alpha value is -1.03. The van der Waals surface area contributed by atoms with Gasteiger partial charge in [0, 0.05) is 5.71 Å². The molecular weight excluding hydrogens is 186 g/mol. The van der Waals surface area contributed by atoms with Gasteiger partial charge in [0.1, 0.15) is 5.76 Å². The Balaban J connectivity index is 2.87. The van der Waals surface area contributed by atoms with Crippen molar-refractivity contribution < 1.29 is 9.90 Å². The summed E-state index contributed by atoms with van der Waals surface area (Å²) in [6.07, 6.45) is 1.65. The van der Waals surface area contributed by atoms with Crippen LogP contribution >= 0.6 is 11.8 Å². The third-order valence-electron chi connectivity index (χ3n) is 1.65. The van der Waals surface area contributed by atoms with Crippen LogP contribution in [0.2, 0.25) is 0 Å². The highest BCUT2D eigenvalue weighted by Crippen LogP contribution is 2.25. The Kier molecular flexibility index (Phi) is 3.31. The van der Waals surface area contributed by atoms with Crippen LogP contribution in [0, 0.1) is 0 Å². The van der Waals surface area contributed by atoms with Crippen LogP contribution in [0.25, 0.3) is 0 Å². The predicted molar refractivity (Wildman–Crippen MR) is 55.3 cm³/mol. The van der Waals surface area contributed by atoms with Crippen molar-refractivity contribution in [3.8, 4) is 0 Å². The normalized spacial score (nSPS) is 18.2. The SMILES string of the molecule is C=CCN=C(C)C1=C(O)CSC1=O. The first kappa shape index (κ1) is 10.1. The fraction of sp³-hybridized carbons (Fsp3) is 0.333. The molecule has 0 saturated carbocycles. The number of rotatable bonds is 3. The second-order valence-electron chi connectivity index (χ2n) is 2.61. The highest BCUT2D eigenvalue weighted by molar-refractivity contribution is 8.14. The molecule has 0 spiro atoms. The monoisotopic (exact) mass is 197 g/mol. The number of hydrogen-bond donors (Lipinski definition) is 1. The lowest BCUT2D eigenvalue weighted by atomic mass is 10.2. The topological polar surface area (TPSA) is 49.7 Å². The number of carbonyl (C=O) groups is 1. The van der Waals surface area contributed by atoms with E-state index in [9.17, 15) is 9.90 Å². The molecule has 3 nitrogen and oxygen atoms in total. The third kappa shape index (κ3) is 2.21. The van der Waals surface area contributed by atoms with Crippen molar-refractivity contribution in [3.63, 3.8) is 0 Å². The molecular formula is C9H11NO2S. The van der Waals surface area contributed by atoms with Crippen molar-refractivity contribution in [1.29, 1.82) is 0 Å². The average molecular weight is 197 g/mol. The zero-order valence-corrected chi connectivity index (χ0v) is 8.23. The molecule has 13 heavy (non-hydrogen) atoms. The number of hydrogen-bond acceptors (Lipinski definition) is 4. The van der Waals surface area contributed by atoms with E-state index in [1.54, 1.807) is 13.0 Å². The Morgan fingerprint density at radius 1 is 1.85 bits per heavy atom. The molecule has 1 aliphatic rings. The summed E-state index contributed by atoms with van der Waals surface area (Å²) in [7, 11) is 0. The molecule has 0 bridgehead atoms. The summed E-state index contributed by atoms with van der Waals surface area (Å²) < 4.78 is 0. The fourth-order valence-electron chi connectivity index (χ4n) is 1.03. The fourth-order valence-corrected chi connectivity index (χ4v) is 1.86. The van der Waals surface area contributed by atoms with Gasteiger partial charge < -0.3 is 5.11 Å². The van der Waals surface area contributed by atoms with Gasteiger partial charge in [-0.2, -0.15) is 0 Å². The van der Waals surface area contributed by atoms with E-state index < -0.39 is 0 Å². The minimum absolute atomic E-state index is 0.0946. The largest absolute Gasteiger partial charge is 0.511 e. The van der Waals surface area contributed by atoms with E-state index in [-0.39, 0.29) is 10.9 Å². The van der Waals surface area contributed by atoms with Gasteiger partial charge in [0.2, 0.25) is 5.12 Å². The first-order chi connectivity index (χ1) is 6.16. The number of aliphatic hydroxyl groups is 1. The molecule has 1 aliphatic heterocycles. The standard InChI is InChI=1S/C9H11NO2S/c1-3-4-10-6(2)8-7(11)5-13-9(8)12/h3,11H,1,4-5H2,2H3. The average Bonchev–Trinajstić information content (AvgIpc) is 2.42. The number of carbonyl (C=O) groups excluding carboxylic acids is 1. The van der Waals surface area contributed by atoms with Crippen molar-refractivity contribution in [2.45, 2.75) is 6.92 Å². The van der Waals surface area contributed by atoms with Crippen LogP contribution in [0.3, 0.4) is 0 Å². The first-order valence-corrected chi connectivity index (χ1v) is 4.87. The molecule has 0 saturated heterocycles. The van der Waals surface area contributed by atoms with Crippen LogP contribution < -0.4 is 0 Å². The van der Waals surface area contributed by atoms with E-state index in [2.05, 4.69) is 11.6 Å². The van der Waals surface area contributed by atoms with Crippen molar-refractivity contribution in [3.05, 3.63) is 24.0 Å². The van der Waals surface area contributed by atoms with Crippen LogP contribution in [-0.4, -0.2) is 28.2 Å². The Morgan fingerprint density at radius 2 is 2.54 bits per heavy atom. The smallest absolute Gasteiger partial charge is 0.225 e. The molecule has 0 radical (unpaired) electrons. The summed E-state index contributed by atoms with van der Waals surface area (Å²) >= 11 is 1.11. The summed E-state index contributed by atoms with van der Waals surface area (Å²) in [6, 6.07) is 0. The van der Waals surface area contributed by atoms with Gasteiger partial charge >= 0.3 is 0 Å². The number of thioether (sulfide) groups is 1. The maximum absolute atomic E-state index is 11.2. The lowest BCUT2D eigenvalue weighted by Gasteiger charge is -1.98. The highest BCUT2D eigenvalue weighted by Gasteiger charge is 2.25. The number of nitrogens with zero attached hydrogens (tertiary/aromatic N) is 1. The highest BCUT2D eigenvalue weighted by atomic mass is 32.2. The van der Waals surface area contributed by atoms with Gasteiger partial charge in [-0.3, -0.25) is 9.79 Å². The Labute approximate surface area is 81.2 Å². The molecule has 0 unspecified atom stereocenters. The second-order valence-corrected chi connectivity index (χ2v) is 3.56. The minimum atomic E-state index is -0.0946. The summed E-state index contributed by atoms with van der Waals surface area (Å²) in [5.74, 6) is 0.509. The molecule has 0 aromatic heterocycles. The molecule has 0 atom stereocenters. The Morgan fingerprint density at radius 3 is 3.00 bits per heavy atom. The maximum Gasteiger partial charge on any atom is 0.225 e. The minimum Gasteiger partial charge on any atom is -0.511 e. The molecule has 0 fully saturated rings. The lowest BCUT2D eigenvalue weighted by Crippen LogP contribution is -2.05. The second kappa shape index (κ2) is 4.28. The number of aliphatic imine (C=N–C) groups is 1. The first-order valence-electron chi connectivity index (χ1n) is 3.88. The molecule has 1 heterocycles. The van der Waals surface area contributed by atoms with Gasteiger partial charge in [0.25, 0.3) is 0 Å². The summed E-state index contributed by atoms with van der Waals surface area (Å²) in [5.41, 5.74) is 0.958. The van der Waals surface area contributed by atoms with Crippen LogP contribution in [0.15, 0.2) is 29.0 Å². The molecule has 0 aliphatic carbocycles. The molecule has 1 N–H and O–H groups in total. The molecule has 0 aromatic rings. The molecule has 0 aromatic carbocycles. The van der Waals surface area contributed by atoms with Crippen LogP contribution in [0.1, 0.15) is 6.92 Å². The van der Waals surface area contributed by atoms with Gasteiger partial charge in [-0.1, -0.05) is 17.8 Å². The van der Waals surface area contributed by atoms with Crippen LogP contribution in [0.4, 0.5) is 0 Å². The predicted octanol–water partition coefficient (Wildman–Crippen LogP) is 1.72. The van der Waals surface area contributed by atoms with Crippen molar-refractivity contribution >= 4 is 22.6 Å². The van der Waals surface area contributed by atoms with E-state index in [4.69, 9.17) is 0 Å². The number of aliphatic hydroxyl groups excluding tert-OH is 1. The van der Waals surface area contributed by atoms with Crippen molar-refractivity contribution in [1.82, 2.24) is 0 Å². The van der Waals surface area contributed by atoms with E-state index in [1.165, 1.54) is 0 Å². The zero-order chi connectivity index (χ0) is 9.84. The summed E-state index contributed by atoms with van der Waals surface area (Å²) in [5, 5.41) is 9.27. The zero-order valence-electron chi connectivity index (χ0n) is 7.41. The van der Waals surface area contributed by atoms with Gasteiger partial charge in [0.15, 0.2) is 0 Å². The van der Waals surface area contributed by atoms with E-state index in [1.807, 2.05) is 0 Å². The van der Waals surface area contributed by atoms with E-state index in [0.29, 0.717) is 23.6 Å².